The monoisotopic (exact) mass is 259 g/mol. The molecule has 0 aliphatic rings. The highest BCUT2D eigenvalue weighted by atomic mass is 16.3. The molecule has 1 aromatic heterocycles. The Hall–Kier alpha value is -1.58. The standard InChI is InChI=1S/C16H21NO2/c1-12(17-13(2)16-9-6-10-19-16)15(18)11-14-7-4-3-5-8-14/h3-10,12-13,15,17-18H,11H2,1-2H3/t12-,13+,15+/m1/s1. The van der Waals surface area contributed by atoms with Crippen LogP contribution < -0.4 is 5.32 Å². The van der Waals surface area contributed by atoms with Crippen molar-refractivity contribution in [3.05, 3.63) is 60.1 Å². The molecule has 3 atom stereocenters. The summed E-state index contributed by atoms with van der Waals surface area (Å²) < 4.78 is 5.35. The lowest BCUT2D eigenvalue weighted by Crippen LogP contribution is -2.39. The van der Waals surface area contributed by atoms with Crippen LogP contribution in [0.3, 0.4) is 0 Å². The first-order chi connectivity index (χ1) is 9.16. The van der Waals surface area contributed by atoms with Crippen LogP contribution in [-0.4, -0.2) is 17.3 Å². The normalized spacial score (nSPS) is 15.9. The predicted octanol–water partition coefficient (Wildman–Crippen LogP) is 2.92. The zero-order valence-electron chi connectivity index (χ0n) is 11.4. The Bertz CT molecular complexity index is 467. The van der Waals surface area contributed by atoms with Crippen LogP contribution in [0.25, 0.3) is 0 Å². The summed E-state index contributed by atoms with van der Waals surface area (Å²) in [6.07, 6.45) is 1.90. The SMILES string of the molecule is C[C@H](N[C@H](C)[C@@H](O)Cc1ccccc1)c1ccco1. The van der Waals surface area contributed by atoms with E-state index in [9.17, 15) is 5.11 Å². The molecule has 0 bridgehead atoms. The maximum absolute atomic E-state index is 10.2. The third-order valence-electron chi connectivity index (χ3n) is 3.35. The largest absolute Gasteiger partial charge is 0.468 e. The van der Waals surface area contributed by atoms with Crippen LogP contribution in [0.15, 0.2) is 53.1 Å². The smallest absolute Gasteiger partial charge is 0.120 e. The maximum atomic E-state index is 10.2. The zero-order chi connectivity index (χ0) is 13.7. The van der Waals surface area contributed by atoms with Crippen molar-refractivity contribution in [1.29, 1.82) is 0 Å². The topological polar surface area (TPSA) is 45.4 Å². The molecule has 2 aromatic rings. The van der Waals surface area contributed by atoms with Gasteiger partial charge in [0.25, 0.3) is 0 Å². The highest BCUT2D eigenvalue weighted by molar-refractivity contribution is 5.16. The fourth-order valence-corrected chi connectivity index (χ4v) is 2.16. The molecule has 2 rings (SSSR count). The zero-order valence-corrected chi connectivity index (χ0v) is 11.4. The van der Waals surface area contributed by atoms with E-state index in [1.165, 1.54) is 0 Å². The first kappa shape index (κ1) is 13.8. The number of nitrogens with one attached hydrogen (secondary N) is 1. The molecule has 0 aliphatic carbocycles. The maximum Gasteiger partial charge on any atom is 0.120 e. The fraction of sp³-hybridized carbons (Fsp3) is 0.375. The lowest BCUT2D eigenvalue weighted by molar-refractivity contribution is 0.127. The van der Waals surface area contributed by atoms with Crippen LogP contribution >= 0.6 is 0 Å². The molecular formula is C16H21NO2. The molecule has 0 saturated carbocycles. The fourth-order valence-electron chi connectivity index (χ4n) is 2.16. The van der Waals surface area contributed by atoms with Gasteiger partial charge in [-0.2, -0.15) is 0 Å². The second-order valence-corrected chi connectivity index (χ2v) is 4.95. The van der Waals surface area contributed by atoms with E-state index in [2.05, 4.69) is 5.32 Å². The average molecular weight is 259 g/mol. The summed E-state index contributed by atoms with van der Waals surface area (Å²) in [4.78, 5) is 0. The van der Waals surface area contributed by atoms with Gasteiger partial charge in [0, 0.05) is 6.04 Å². The minimum absolute atomic E-state index is 0.000283. The molecule has 0 spiro atoms. The molecule has 0 amide bonds. The minimum atomic E-state index is -0.417. The van der Waals surface area contributed by atoms with Crippen LogP contribution in [-0.2, 0) is 6.42 Å². The summed E-state index contributed by atoms with van der Waals surface area (Å²) in [5, 5.41) is 13.6. The van der Waals surface area contributed by atoms with Crippen LogP contribution in [0.5, 0.6) is 0 Å². The number of furan rings is 1. The van der Waals surface area contributed by atoms with E-state index in [0.29, 0.717) is 6.42 Å². The number of hydrogen-bond donors (Lipinski definition) is 2. The molecule has 0 radical (unpaired) electrons. The van der Waals surface area contributed by atoms with Gasteiger partial charge in [-0.1, -0.05) is 30.3 Å². The van der Waals surface area contributed by atoms with Crippen LogP contribution in [0.2, 0.25) is 0 Å². The summed E-state index contributed by atoms with van der Waals surface area (Å²) in [6.45, 7) is 4.03. The van der Waals surface area contributed by atoms with Crippen LogP contribution in [0.4, 0.5) is 0 Å². The van der Waals surface area contributed by atoms with E-state index >= 15 is 0 Å². The lowest BCUT2D eigenvalue weighted by atomic mass is 10.0. The third kappa shape index (κ3) is 3.94. The third-order valence-corrected chi connectivity index (χ3v) is 3.35. The van der Waals surface area contributed by atoms with E-state index in [-0.39, 0.29) is 12.1 Å². The first-order valence-corrected chi connectivity index (χ1v) is 6.68. The Kier molecular flexibility index (Phi) is 4.77. The predicted molar refractivity (Wildman–Crippen MR) is 75.9 cm³/mol. The van der Waals surface area contributed by atoms with Gasteiger partial charge in [-0.3, -0.25) is 0 Å². The average Bonchev–Trinajstić information content (AvgIpc) is 2.93. The van der Waals surface area contributed by atoms with Crippen molar-refractivity contribution in [2.45, 2.75) is 38.5 Å². The van der Waals surface area contributed by atoms with Crippen molar-refractivity contribution >= 4 is 0 Å². The molecule has 3 nitrogen and oxygen atoms in total. The molecule has 2 N–H and O–H groups in total. The van der Waals surface area contributed by atoms with E-state index in [4.69, 9.17) is 4.42 Å². The molecule has 0 aliphatic heterocycles. The Morgan fingerprint density at radius 1 is 1.11 bits per heavy atom. The second kappa shape index (κ2) is 6.55. The van der Waals surface area contributed by atoms with E-state index < -0.39 is 6.10 Å². The molecule has 19 heavy (non-hydrogen) atoms. The first-order valence-electron chi connectivity index (χ1n) is 6.68. The van der Waals surface area contributed by atoms with Gasteiger partial charge in [-0.05, 0) is 38.0 Å². The Labute approximate surface area is 114 Å². The van der Waals surface area contributed by atoms with Gasteiger partial charge in [-0.25, -0.2) is 0 Å². The van der Waals surface area contributed by atoms with Gasteiger partial charge in [-0.15, -0.1) is 0 Å². The van der Waals surface area contributed by atoms with Gasteiger partial charge in [0.1, 0.15) is 5.76 Å². The summed E-state index contributed by atoms with van der Waals surface area (Å²) in [7, 11) is 0. The van der Waals surface area contributed by atoms with Gasteiger partial charge < -0.3 is 14.8 Å². The molecular weight excluding hydrogens is 238 g/mol. The molecule has 3 heteroatoms. The van der Waals surface area contributed by atoms with Crippen molar-refractivity contribution in [3.8, 4) is 0 Å². The molecule has 0 fully saturated rings. The van der Waals surface area contributed by atoms with Crippen molar-refractivity contribution in [1.82, 2.24) is 5.32 Å². The summed E-state index contributed by atoms with van der Waals surface area (Å²) in [6, 6.07) is 13.9. The highest BCUT2D eigenvalue weighted by Crippen LogP contribution is 2.15. The van der Waals surface area contributed by atoms with E-state index in [0.717, 1.165) is 11.3 Å². The van der Waals surface area contributed by atoms with Gasteiger partial charge in [0.15, 0.2) is 0 Å². The molecule has 102 valence electrons. The Morgan fingerprint density at radius 2 is 1.84 bits per heavy atom. The number of hydrogen-bond acceptors (Lipinski definition) is 3. The number of aliphatic hydroxyl groups is 1. The Balaban J connectivity index is 1.87. The van der Waals surface area contributed by atoms with Gasteiger partial charge in [0.2, 0.25) is 0 Å². The quantitative estimate of drug-likeness (QED) is 0.838. The van der Waals surface area contributed by atoms with E-state index in [1.807, 2.05) is 56.3 Å². The van der Waals surface area contributed by atoms with Crippen molar-refractivity contribution in [2.75, 3.05) is 0 Å². The van der Waals surface area contributed by atoms with Crippen LogP contribution in [0.1, 0.15) is 31.2 Å². The number of rotatable bonds is 6. The minimum Gasteiger partial charge on any atom is -0.468 e. The highest BCUT2D eigenvalue weighted by Gasteiger charge is 2.18. The molecule has 0 saturated heterocycles. The van der Waals surface area contributed by atoms with Crippen molar-refractivity contribution in [2.24, 2.45) is 0 Å². The lowest BCUT2D eigenvalue weighted by Gasteiger charge is -2.23. The Morgan fingerprint density at radius 3 is 2.47 bits per heavy atom. The summed E-state index contributed by atoms with van der Waals surface area (Å²) in [5.41, 5.74) is 1.15. The summed E-state index contributed by atoms with van der Waals surface area (Å²) in [5.74, 6) is 0.888. The van der Waals surface area contributed by atoms with Crippen molar-refractivity contribution < 1.29 is 9.52 Å². The second-order valence-electron chi connectivity index (χ2n) is 4.95. The molecule has 0 unspecified atom stereocenters. The van der Waals surface area contributed by atoms with E-state index in [1.54, 1.807) is 6.26 Å². The molecule has 1 heterocycles. The van der Waals surface area contributed by atoms with Gasteiger partial charge in [0.05, 0.1) is 18.4 Å². The summed E-state index contributed by atoms with van der Waals surface area (Å²) >= 11 is 0. The van der Waals surface area contributed by atoms with Crippen LogP contribution in [0, 0.1) is 0 Å². The number of aliphatic hydroxyl groups excluding tert-OH is 1. The van der Waals surface area contributed by atoms with Gasteiger partial charge >= 0.3 is 0 Å². The van der Waals surface area contributed by atoms with Crippen molar-refractivity contribution in [3.63, 3.8) is 0 Å². The molecule has 1 aromatic carbocycles. The number of benzene rings is 1.